The van der Waals surface area contributed by atoms with Gasteiger partial charge >= 0.3 is 0 Å². The molecule has 2 heteroatoms. The van der Waals surface area contributed by atoms with Crippen molar-refractivity contribution in [2.75, 3.05) is 0 Å². The van der Waals surface area contributed by atoms with Crippen molar-refractivity contribution in [1.82, 2.24) is 9.13 Å². The highest BCUT2D eigenvalue weighted by atomic mass is 15.0. The molecule has 0 bridgehead atoms. The summed E-state index contributed by atoms with van der Waals surface area (Å²) < 4.78 is 5.18. The molecular formula is C56H36N2. The standard InChI is InChI=1S/C56H36N2/c1-5-19-37(20-6-1)55(38-21-7-2-8-22-38)45-31-17-29-43-41-27-13-15-33-49(41)57(53(43)45)51-36-48-52(35-47(51)55)58-50-34-16-14-28-42(50)44-30-18-32-46(54(44)58)56(48,39-23-9-3-10-24-39)40-25-11-4-12-26-40/h1-36H. The minimum absolute atomic E-state index is 0.627. The van der Waals surface area contributed by atoms with E-state index in [0.717, 1.165) is 0 Å². The number of para-hydroxylation sites is 4. The molecule has 0 aliphatic carbocycles. The van der Waals surface area contributed by atoms with Crippen molar-refractivity contribution in [1.29, 1.82) is 0 Å². The van der Waals surface area contributed by atoms with Crippen LogP contribution in [0.25, 0.3) is 55.0 Å². The van der Waals surface area contributed by atoms with Gasteiger partial charge in [-0.15, -0.1) is 0 Å². The van der Waals surface area contributed by atoms with Gasteiger partial charge in [0.1, 0.15) is 0 Å². The Morgan fingerprint density at radius 3 is 0.931 bits per heavy atom. The van der Waals surface area contributed by atoms with Gasteiger partial charge in [0.05, 0.1) is 44.3 Å². The Morgan fingerprint density at radius 1 is 0.259 bits per heavy atom. The van der Waals surface area contributed by atoms with Crippen LogP contribution in [0.4, 0.5) is 0 Å². The molecule has 11 aromatic rings. The lowest BCUT2D eigenvalue weighted by Crippen LogP contribution is -2.39. The van der Waals surface area contributed by atoms with E-state index in [9.17, 15) is 0 Å². The van der Waals surface area contributed by atoms with Gasteiger partial charge in [0.15, 0.2) is 0 Å². The second kappa shape index (κ2) is 11.6. The maximum atomic E-state index is 2.59. The topological polar surface area (TPSA) is 9.86 Å². The summed E-state index contributed by atoms with van der Waals surface area (Å²) in [5.74, 6) is 0. The number of fused-ring (bicyclic) bond motifs is 10. The lowest BCUT2D eigenvalue weighted by Gasteiger charge is -2.45. The molecule has 13 rings (SSSR count). The number of hydrogen-bond donors (Lipinski definition) is 0. The maximum Gasteiger partial charge on any atom is 0.0743 e. The lowest BCUT2D eigenvalue weighted by atomic mass is 9.60. The molecule has 0 spiro atoms. The van der Waals surface area contributed by atoms with Gasteiger partial charge in [-0.3, -0.25) is 0 Å². The van der Waals surface area contributed by atoms with Crippen molar-refractivity contribution in [3.05, 3.63) is 263 Å². The average Bonchev–Trinajstić information content (AvgIpc) is 3.83. The van der Waals surface area contributed by atoms with E-state index in [0.29, 0.717) is 0 Å². The molecule has 9 aromatic carbocycles. The summed E-state index contributed by atoms with van der Waals surface area (Å²) in [6.07, 6.45) is 0. The van der Waals surface area contributed by atoms with Crippen LogP contribution in [0.3, 0.4) is 0 Å². The monoisotopic (exact) mass is 736 g/mol. The van der Waals surface area contributed by atoms with Gasteiger partial charge in [-0.25, -0.2) is 0 Å². The number of nitrogens with zero attached hydrogens (tertiary/aromatic N) is 2. The third-order valence-corrected chi connectivity index (χ3v) is 13.4. The van der Waals surface area contributed by atoms with Crippen LogP contribution in [0.15, 0.2) is 218 Å². The lowest BCUT2D eigenvalue weighted by molar-refractivity contribution is 0.703. The fraction of sp³-hybridized carbons (Fsp3) is 0.0357. The minimum atomic E-state index is -0.627. The van der Waals surface area contributed by atoms with E-state index >= 15 is 0 Å². The van der Waals surface area contributed by atoms with Gasteiger partial charge in [0.2, 0.25) is 0 Å². The van der Waals surface area contributed by atoms with E-state index in [2.05, 4.69) is 228 Å². The fourth-order valence-electron chi connectivity index (χ4n) is 11.3. The molecule has 0 amide bonds. The Hall–Kier alpha value is -7.42. The van der Waals surface area contributed by atoms with Crippen LogP contribution in [0.2, 0.25) is 0 Å². The molecule has 2 aliphatic heterocycles. The molecule has 0 N–H and O–H groups in total. The van der Waals surface area contributed by atoms with Crippen LogP contribution in [-0.2, 0) is 10.8 Å². The van der Waals surface area contributed by atoms with Crippen LogP contribution >= 0.6 is 0 Å². The fourth-order valence-corrected chi connectivity index (χ4v) is 11.3. The molecule has 0 saturated carbocycles. The van der Waals surface area contributed by atoms with Crippen molar-refractivity contribution >= 4 is 43.6 Å². The molecular weight excluding hydrogens is 701 g/mol. The van der Waals surface area contributed by atoms with E-state index in [-0.39, 0.29) is 0 Å². The summed E-state index contributed by atoms with van der Waals surface area (Å²) in [4.78, 5) is 0. The van der Waals surface area contributed by atoms with Crippen molar-refractivity contribution in [3.63, 3.8) is 0 Å². The van der Waals surface area contributed by atoms with Crippen LogP contribution in [0, 0.1) is 0 Å². The van der Waals surface area contributed by atoms with Crippen LogP contribution < -0.4 is 0 Å². The predicted molar refractivity (Wildman–Crippen MR) is 239 cm³/mol. The number of hydrogen-bond acceptors (Lipinski definition) is 0. The first-order valence-corrected chi connectivity index (χ1v) is 20.3. The second-order valence-corrected chi connectivity index (χ2v) is 16.0. The first kappa shape index (κ1) is 31.7. The molecule has 2 aliphatic rings. The summed E-state index contributed by atoms with van der Waals surface area (Å²) in [7, 11) is 0. The summed E-state index contributed by atoms with van der Waals surface area (Å²) in [5.41, 5.74) is 16.3. The molecule has 270 valence electrons. The van der Waals surface area contributed by atoms with Crippen LogP contribution in [0.5, 0.6) is 0 Å². The summed E-state index contributed by atoms with van der Waals surface area (Å²) in [5, 5.41) is 5.07. The Bertz CT molecular complexity index is 3120. The highest BCUT2D eigenvalue weighted by Crippen LogP contribution is 2.59. The normalized spacial score (nSPS) is 14.5. The highest BCUT2D eigenvalue weighted by Gasteiger charge is 2.50. The number of rotatable bonds is 4. The van der Waals surface area contributed by atoms with E-state index < -0.39 is 10.8 Å². The van der Waals surface area contributed by atoms with Crippen LogP contribution in [0.1, 0.15) is 44.5 Å². The highest BCUT2D eigenvalue weighted by molar-refractivity contribution is 6.14. The van der Waals surface area contributed by atoms with Gasteiger partial charge in [0, 0.05) is 21.5 Å². The summed E-state index contributed by atoms with van der Waals surface area (Å²) in [6, 6.07) is 82.0. The van der Waals surface area contributed by atoms with E-state index in [1.54, 1.807) is 0 Å². The Morgan fingerprint density at radius 2 is 0.569 bits per heavy atom. The zero-order chi connectivity index (χ0) is 38.0. The van der Waals surface area contributed by atoms with Gasteiger partial charge in [-0.2, -0.15) is 0 Å². The molecule has 0 fully saturated rings. The van der Waals surface area contributed by atoms with E-state index in [1.165, 1.54) is 99.5 Å². The second-order valence-electron chi connectivity index (χ2n) is 16.0. The Labute approximate surface area is 336 Å². The molecule has 58 heavy (non-hydrogen) atoms. The van der Waals surface area contributed by atoms with Crippen LogP contribution in [-0.4, -0.2) is 9.13 Å². The Kier molecular flexibility index (Phi) is 6.33. The summed E-state index contributed by atoms with van der Waals surface area (Å²) in [6.45, 7) is 0. The van der Waals surface area contributed by atoms with E-state index in [4.69, 9.17) is 0 Å². The molecule has 0 radical (unpaired) electrons. The van der Waals surface area contributed by atoms with Crippen molar-refractivity contribution < 1.29 is 0 Å². The quantitative estimate of drug-likeness (QED) is 0.170. The molecule has 0 unspecified atom stereocenters. The average molecular weight is 737 g/mol. The number of aromatic nitrogens is 2. The first-order valence-electron chi connectivity index (χ1n) is 20.3. The third kappa shape index (κ3) is 3.78. The molecule has 2 nitrogen and oxygen atoms in total. The van der Waals surface area contributed by atoms with Gasteiger partial charge in [-0.05, 0) is 68.8 Å². The Balaban J connectivity index is 1.33. The van der Waals surface area contributed by atoms with E-state index in [1.807, 2.05) is 0 Å². The van der Waals surface area contributed by atoms with Crippen molar-refractivity contribution in [2.45, 2.75) is 10.8 Å². The zero-order valence-electron chi connectivity index (χ0n) is 31.7. The number of benzene rings is 9. The first-order chi connectivity index (χ1) is 28.8. The van der Waals surface area contributed by atoms with Crippen molar-refractivity contribution in [3.8, 4) is 11.4 Å². The molecule has 4 heterocycles. The zero-order valence-corrected chi connectivity index (χ0v) is 31.7. The predicted octanol–water partition coefficient (Wildman–Crippen LogP) is 13.3. The maximum absolute atomic E-state index is 2.59. The molecule has 0 atom stereocenters. The van der Waals surface area contributed by atoms with Gasteiger partial charge < -0.3 is 9.13 Å². The molecule has 2 aromatic heterocycles. The third-order valence-electron chi connectivity index (χ3n) is 13.4. The van der Waals surface area contributed by atoms with Crippen molar-refractivity contribution in [2.24, 2.45) is 0 Å². The van der Waals surface area contributed by atoms with Gasteiger partial charge in [0.25, 0.3) is 0 Å². The molecule has 0 saturated heterocycles. The SMILES string of the molecule is c1ccc(C2(c3ccccc3)c3cc4c(cc3-n3c5ccccc5c5cccc2c53)C(c2ccccc2)(c2ccccc2)c2cccc3c5ccccc5n-4c23)cc1. The summed E-state index contributed by atoms with van der Waals surface area (Å²) >= 11 is 0. The van der Waals surface area contributed by atoms with Gasteiger partial charge in [-0.1, -0.05) is 194 Å². The smallest absolute Gasteiger partial charge is 0.0743 e. The minimum Gasteiger partial charge on any atom is -0.309 e. The largest absolute Gasteiger partial charge is 0.309 e.